The van der Waals surface area contributed by atoms with Crippen LogP contribution >= 0.6 is 0 Å². The number of carbonyl (C=O) groups is 1. The lowest BCUT2D eigenvalue weighted by molar-refractivity contribution is -0.137. The number of hydrogen-bond acceptors (Lipinski definition) is 3. The lowest BCUT2D eigenvalue weighted by atomic mass is 9.85. The third-order valence-corrected chi connectivity index (χ3v) is 4.76. The van der Waals surface area contributed by atoms with Gasteiger partial charge in [0, 0.05) is 37.6 Å². The molecule has 0 spiro atoms. The monoisotopic (exact) mass is 267 g/mol. The van der Waals surface area contributed by atoms with E-state index in [2.05, 4.69) is 37.5 Å². The van der Waals surface area contributed by atoms with Gasteiger partial charge >= 0.3 is 0 Å². The highest BCUT2D eigenvalue weighted by molar-refractivity contribution is 5.77. The summed E-state index contributed by atoms with van der Waals surface area (Å²) in [6, 6.07) is 0.855. The first kappa shape index (κ1) is 14.8. The van der Waals surface area contributed by atoms with E-state index in [1.807, 2.05) is 0 Å². The van der Waals surface area contributed by atoms with Crippen molar-refractivity contribution in [3.63, 3.8) is 0 Å². The highest BCUT2D eigenvalue weighted by Gasteiger charge is 2.37. The lowest BCUT2D eigenvalue weighted by Crippen LogP contribution is -2.57. The number of piperazine rings is 1. The van der Waals surface area contributed by atoms with Crippen LogP contribution in [0.4, 0.5) is 0 Å². The number of amides is 1. The summed E-state index contributed by atoms with van der Waals surface area (Å²) in [7, 11) is 0. The number of hydrogen-bond donors (Lipinski definition) is 1. The smallest absolute Gasteiger partial charge is 0.224 e. The Morgan fingerprint density at radius 3 is 2.68 bits per heavy atom. The zero-order valence-electron chi connectivity index (χ0n) is 12.9. The molecule has 0 aromatic heterocycles. The van der Waals surface area contributed by atoms with E-state index in [1.54, 1.807) is 0 Å². The van der Waals surface area contributed by atoms with Crippen LogP contribution in [0.5, 0.6) is 0 Å². The van der Waals surface area contributed by atoms with Gasteiger partial charge < -0.3 is 10.6 Å². The second-order valence-electron chi connectivity index (χ2n) is 7.36. The molecule has 2 fully saturated rings. The molecule has 0 radical (unpaired) electrons. The van der Waals surface area contributed by atoms with Gasteiger partial charge in [-0.15, -0.1) is 0 Å². The summed E-state index contributed by atoms with van der Waals surface area (Å²) in [5.41, 5.74) is 6.15. The van der Waals surface area contributed by atoms with Crippen LogP contribution in [0.2, 0.25) is 0 Å². The van der Waals surface area contributed by atoms with E-state index in [1.165, 1.54) is 19.4 Å². The largest absolute Gasteiger partial charge is 0.337 e. The molecule has 110 valence electrons. The second-order valence-corrected chi connectivity index (χ2v) is 7.36. The van der Waals surface area contributed by atoms with Crippen LogP contribution in [0.3, 0.4) is 0 Å². The molecule has 0 saturated carbocycles. The lowest BCUT2D eigenvalue weighted by Gasteiger charge is -2.43. The normalized spacial score (nSPS) is 30.3. The SMILES string of the molecule is CC1CN2CCCC2CN1C(=O)CC(N)C(C)(C)C. The maximum absolute atomic E-state index is 12.5. The molecule has 2 heterocycles. The zero-order chi connectivity index (χ0) is 14.2. The van der Waals surface area contributed by atoms with E-state index in [-0.39, 0.29) is 17.4 Å². The van der Waals surface area contributed by atoms with Gasteiger partial charge in [-0.05, 0) is 31.7 Å². The van der Waals surface area contributed by atoms with Crippen LogP contribution in [0.15, 0.2) is 0 Å². The number of nitrogens with zero attached hydrogens (tertiary/aromatic N) is 2. The molecule has 2 rings (SSSR count). The van der Waals surface area contributed by atoms with Gasteiger partial charge in [-0.25, -0.2) is 0 Å². The highest BCUT2D eigenvalue weighted by atomic mass is 16.2. The van der Waals surface area contributed by atoms with E-state index < -0.39 is 0 Å². The zero-order valence-corrected chi connectivity index (χ0v) is 12.9. The fourth-order valence-corrected chi connectivity index (χ4v) is 3.15. The molecule has 4 nitrogen and oxygen atoms in total. The fraction of sp³-hybridized carbons (Fsp3) is 0.933. The molecule has 2 N–H and O–H groups in total. The Morgan fingerprint density at radius 1 is 1.37 bits per heavy atom. The molecule has 19 heavy (non-hydrogen) atoms. The Morgan fingerprint density at radius 2 is 2.05 bits per heavy atom. The molecular formula is C15H29N3O. The highest BCUT2D eigenvalue weighted by Crippen LogP contribution is 2.26. The Balaban J connectivity index is 1.95. The summed E-state index contributed by atoms with van der Waals surface area (Å²) in [6.45, 7) is 11.6. The number of fused-ring (bicyclic) bond motifs is 1. The molecule has 1 amide bonds. The van der Waals surface area contributed by atoms with E-state index in [0.29, 0.717) is 18.5 Å². The van der Waals surface area contributed by atoms with Crippen molar-refractivity contribution in [2.24, 2.45) is 11.1 Å². The number of rotatable bonds is 2. The van der Waals surface area contributed by atoms with Gasteiger partial charge in [-0.3, -0.25) is 9.69 Å². The maximum atomic E-state index is 12.5. The third-order valence-electron chi connectivity index (χ3n) is 4.76. The summed E-state index contributed by atoms with van der Waals surface area (Å²) < 4.78 is 0. The van der Waals surface area contributed by atoms with Gasteiger partial charge in [-0.1, -0.05) is 20.8 Å². The van der Waals surface area contributed by atoms with Crippen LogP contribution in [0.1, 0.15) is 47.0 Å². The van der Waals surface area contributed by atoms with Gasteiger partial charge in [0.1, 0.15) is 0 Å². The van der Waals surface area contributed by atoms with Gasteiger partial charge in [0.2, 0.25) is 5.91 Å². The molecule has 3 atom stereocenters. The van der Waals surface area contributed by atoms with Crippen molar-refractivity contribution in [2.45, 2.75) is 65.1 Å². The average Bonchev–Trinajstić information content (AvgIpc) is 2.73. The average molecular weight is 267 g/mol. The Labute approximate surface area is 117 Å². The maximum Gasteiger partial charge on any atom is 0.224 e. The van der Waals surface area contributed by atoms with Crippen molar-refractivity contribution < 1.29 is 4.79 Å². The summed E-state index contributed by atoms with van der Waals surface area (Å²) in [4.78, 5) is 17.1. The van der Waals surface area contributed by atoms with Crippen molar-refractivity contribution in [1.82, 2.24) is 9.80 Å². The second kappa shape index (κ2) is 5.41. The van der Waals surface area contributed by atoms with E-state index in [4.69, 9.17) is 5.73 Å². The molecule has 0 aromatic rings. The first-order valence-electron chi connectivity index (χ1n) is 7.58. The Bertz CT molecular complexity index is 337. The molecule has 2 aliphatic rings. The molecule has 0 aromatic carbocycles. The molecule has 0 aliphatic carbocycles. The minimum Gasteiger partial charge on any atom is -0.337 e. The van der Waals surface area contributed by atoms with Crippen molar-refractivity contribution in [3.05, 3.63) is 0 Å². The predicted octanol–water partition coefficient (Wildman–Crippen LogP) is 1.45. The summed E-state index contributed by atoms with van der Waals surface area (Å²) in [5, 5.41) is 0. The Hall–Kier alpha value is -0.610. The number of nitrogens with two attached hydrogens (primary N) is 1. The molecule has 0 bridgehead atoms. The fourth-order valence-electron chi connectivity index (χ4n) is 3.15. The van der Waals surface area contributed by atoms with Crippen molar-refractivity contribution in [1.29, 1.82) is 0 Å². The van der Waals surface area contributed by atoms with E-state index in [0.717, 1.165) is 13.1 Å². The van der Waals surface area contributed by atoms with Gasteiger partial charge in [0.05, 0.1) is 0 Å². The summed E-state index contributed by atoms with van der Waals surface area (Å²) in [6.07, 6.45) is 2.99. The third kappa shape index (κ3) is 3.29. The van der Waals surface area contributed by atoms with Crippen LogP contribution in [0.25, 0.3) is 0 Å². The van der Waals surface area contributed by atoms with Crippen LogP contribution < -0.4 is 5.73 Å². The van der Waals surface area contributed by atoms with E-state index in [9.17, 15) is 4.79 Å². The summed E-state index contributed by atoms with van der Waals surface area (Å²) in [5.74, 6) is 0.237. The minimum absolute atomic E-state index is 0.00587. The van der Waals surface area contributed by atoms with Crippen molar-refractivity contribution >= 4 is 5.91 Å². The topological polar surface area (TPSA) is 49.6 Å². The molecule has 3 unspecified atom stereocenters. The molecular weight excluding hydrogens is 238 g/mol. The quantitative estimate of drug-likeness (QED) is 0.824. The van der Waals surface area contributed by atoms with E-state index >= 15 is 0 Å². The van der Waals surface area contributed by atoms with Gasteiger partial charge in [0.25, 0.3) is 0 Å². The van der Waals surface area contributed by atoms with Crippen molar-refractivity contribution in [2.75, 3.05) is 19.6 Å². The van der Waals surface area contributed by atoms with Gasteiger partial charge in [-0.2, -0.15) is 0 Å². The molecule has 2 aliphatic heterocycles. The van der Waals surface area contributed by atoms with Crippen LogP contribution in [0, 0.1) is 5.41 Å². The van der Waals surface area contributed by atoms with Crippen molar-refractivity contribution in [3.8, 4) is 0 Å². The standard InChI is InChI=1S/C15H29N3O/c1-11-9-17-7-5-6-12(17)10-18(11)14(19)8-13(16)15(2,3)4/h11-13H,5-10,16H2,1-4H3. The Kier molecular flexibility index (Phi) is 4.21. The molecule has 2 saturated heterocycles. The number of carbonyl (C=O) groups excluding carboxylic acids is 1. The first-order chi connectivity index (χ1) is 8.79. The molecule has 4 heteroatoms. The van der Waals surface area contributed by atoms with Crippen LogP contribution in [-0.2, 0) is 4.79 Å². The summed E-state index contributed by atoms with van der Waals surface area (Å²) >= 11 is 0. The van der Waals surface area contributed by atoms with Gasteiger partial charge in [0.15, 0.2) is 0 Å². The first-order valence-corrected chi connectivity index (χ1v) is 7.58. The minimum atomic E-state index is -0.0613. The predicted molar refractivity (Wildman–Crippen MR) is 77.8 cm³/mol. The van der Waals surface area contributed by atoms with Crippen LogP contribution in [-0.4, -0.2) is 53.5 Å².